The fourth-order valence-electron chi connectivity index (χ4n) is 2.64. The lowest BCUT2D eigenvalue weighted by Crippen LogP contribution is -2.17. The monoisotopic (exact) mass is 400 g/mol. The average Bonchev–Trinajstić information content (AvgIpc) is 3.12. The van der Waals surface area contributed by atoms with Gasteiger partial charge < -0.3 is 14.5 Å². The Morgan fingerprint density at radius 1 is 1.10 bits per heavy atom. The molecular formula is C18H11F3N6O2. The number of alkyl halides is 3. The molecular weight excluding hydrogens is 389 g/mol. The van der Waals surface area contributed by atoms with E-state index in [9.17, 15) is 18.0 Å². The number of rotatable bonds is 4. The number of ether oxygens (including phenoxy) is 1. The number of anilines is 1. The van der Waals surface area contributed by atoms with Gasteiger partial charge in [-0.05, 0) is 18.2 Å². The van der Waals surface area contributed by atoms with Gasteiger partial charge in [0, 0.05) is 30.4 Å². The second-order valence-corrected chi connectivity index (χ2v) is 5.73. The van der Waals surface area contributed by atoms with Crippen molar-refractivity contribution >= 4 is 17.4 Å². The van der Waals surface area contributed by atoms with E-state index < -0.39 is 18.0 Å². The number of carbonyl (C=O) groups is 1. The lowest BCUT2D eigenvalue weighted by molar-refractivity contribution is -0.274. The van der Waals surface area contributed by atoms with Crippen LogP contribution >= 0.6 is 0 Å². The van der Waals surface area contributed by atoms with E-state index in [4.69, 9.17) is 0 Å². The predicted molar refractivity (Wildman–Crippen MR) is 95.1 cm³/mol. The van der Waals surface area contributed by atoms with Crippen LogP contribution in [0.15, 0.2) is 61.4 Å². The number of nitrogens with one attached hydrogen (secondary N) is 1. The van der Waals surface area contributed by atoms with Crippen LogP contribution in [0.4, 0.5) is 19.0 Å². The number of nitrogens with zero attached hydrogens (tertiary/aromatic N) is 5. The summed E-state index contributed by atoms with van der Waals surface area (Å²) in [5, 5.41) is 2.56. The molecule has 29 heavy (non-hydrogen) atoms. The zero-order valence-corrected chi connectivity index (χ0v) is 14.5. The highest BCUT2D eigenvalue weighted by atomic mass is 19.4. The number of halogens is 3. The third-order valence-corrected chi connectivity index (χ3v) is 3.80. The molecule has 146 valence electrons. The molecule has 11 heteroatoms. The van der Waals surface area contributed by atoms with Gasteiger partial charge in [-0.15, -0.1) is 13.2 Å². The highest BCUT2D eigenvalue weighted by Crippen LogP contribution is 2.33. The van der Waals surface area contributed by atoms with Gasteiger partial charge in [-0.1, -0.05) is 12.1 Å². The third kappa shape index (κ3) is 3.98. The van der Waals surface area contributed by atoms with E-state index in [0.29, 0.717) is 0 Å². The minimum Gasteiger partial charge on any atom is -0.405 e. The van der Waals surface area contributed by atoms with Crippen LogP contribution in [0.25, 0.3) is 16.9 Å². The zero-order chi connectivity index (χ0) is 20.4. The molecule has 3 aromatic heterocycles. The van der Waals surface area contributed by atoms with Crippen LogP contribution in [0.1, 0.15) is 10.5 Å². The fourth-order valence-corrected chi connectivity index (χ4v) is 2.64. The number of carbonyl (C=O) groups excluding carboxylic acids is 1. The van der Waals surface area contributed by atoms with Crippen molar-refractivity contribution in [2.24, 2.45) is 0 Å². The summed E-state index contributed by atoms with van der Waals surface area (Å²) < 4.78 is 43.7. The van der Waals surface area contributed by atoms with Gasteiger partial charge in [0.2, 0.25) is 0 Å². The Bertz CT molecular complexity index is 1180. The first-order valence-corrected chi connectivity index (χ1v) is 8.17. The Morgan fingerprint density at radius 3 is 2.69 bits per heavy atom. The quantitative estimate of drug-likeness (QED) is 0.565. The maximum Gasteiger partial charge on any atom is 0.573 e. The van der Waals surface area contributed by atoms with Crippen LogP contribution in [-0.2, 0) is 0 Å². The molecule has 0 aliphatic heterocycles. The van der Waals surface area contributed by atoms with Crippen LogP contribution in [-0.4, -0.2) is 36.6 Å². The second-order valence-electron chi connectivity index (χ2n) is 5.73. The molecule has 1 N–H and O–H groups in total. The van der Waals surface area contributed by atoms with Gasteiger partial charge in [0.15, 0.2) is 11.3 Å². The van der Waals surface area contributed by atoms with Gasteiger partial charge in [-0.3, -0.25) is 4.79 Å². The van der Waals surface area contributed by atoms with Gasteiger partial charge >= 0.3 is 6.36 Å². The number of para-hydroxylation sites is 1. The van der Waals surface area contributed by atoms with Crippen molar-refractivity contribution < 1.29 is 22.7 Å². The Labute approximate surface area is 161 Å². The Morgan fingerprint density at radius 2 is 1.93 bits per heavy atom. The van der Waals surface area contributed by atoms with E-state index in [-0.39, 0.29) is 28.4 Å². The summed E-state index contributed by atoms with van der Waals surface area (Å²) in [6.07, 6.45) is 2.28. The predicted octanol–water partition coefficient (Wildman–Crippen LogP) is 3.34. The maximum absolute atomic E-state index is 12.7. The smallest absolute Gasteiger partial charge is 0.405 e. The highest BCUT2D eigenvalue weighted by Gasteiger charge is 2.32. The maximum atomic E-state index is 12.7. The largest absolute Gasteiger partial charge is 0.573 e. The van der Waals surface area contributed by atoms with Gasteiger partial charge in [0.25, 0.3) is 5.91 Å². The molecule has 0 spiro atoms. The average molecular weight is 400 g/mol. The molecule has 0 aliphatic carbocycles. The topological polar surface area (TPSA) is 94.3 Å². The zero-order valence-electron chi connectivity index (χ0n) is 14.5. The lowest BCUT2D eigenvalue weighted by Gasteiger charge is -2.11. The summed E-state index contributed by atoms with van der Waals surface area (Å²) in [6, 6.07) is 7.11. The molecule has 0 bridgehead atoms. The van der Waals surface area contributed by atoms with E-state index in [1.165, 1.54) is 59.8 Å². The van der Waals surface area contributed by atoms with Crippen LogP contribution in [0.3, 0.4) is 0 Å². The van der Waals surface area contributed by atoms with Gasteiger partial charge in [0.05, 0.1) is 5.69 Å². The molecule has 1 amide bonds. The molecule has 8 nitrogen and oxygen atoms in total. The van der Waals surface area contributed by atoms with Crippen molar-refractivity contribution in [3.8, 4) is 17.0 Å². The summed E-state index contributed by atoms with van der Waals surface area (Å²) >= 11 is 0. The molecule has 0 atom stereocenters. The Hall–Kier alpha value is -4.02. The second kappa shape index (κ2) is 7.19. The Balaban J connectivity index is 1.73. The van der Waals surface area contributed by atoms with Crippen molar-refractivity contribution in [1.82, 2.24) is 24.3 Å². The van der Waals surface area contributed by atoms with Crippen molar-refractivity contribution in [1.29, 1.82) is 0 Å². The molecule has 0 saturated heterocycles. The molecule has 0 saturated carbocycles. The molecule has 0 fully saturated rings. The van der Waals surface area contributed by atoms with Gasteiger partial charge in [-0.2, -0.15) is 0 Å². The van der Waals surface area contributed by atoms with Crippen LogP contribution < -0.4 is 10.1 Å². The number of benzene rings is 1. The molecule has 0 radical (unpaired) electrons. The molecule has 1 aromatic carbocycles. The normalized spacial score (nSPS) is 11.4. The first kappa shape index (κ1) is 18.3. The van der Waals surface area contributed by atoms with E-state index in [1.807, 2.05) is 0 Å². The minimum absolute atomic E-state index is 0.0217. The van der Waals surface area contributed by atoms with Crippen LogP contribution in [0, 0.1) is 0 Å². The summed E-state index contributed by atoms with van der Waals surface area (Å²) in [6.45, 7) is 0. The standard InChI is InChI=1S/C18H11F3N6O2/c19-18(20,21)29-13-4-2-1-3-11(13)12-9-27-8-7-23-15(16(27)25-12)17(28)26-14-5-6-22-10-24-14/h1-10H,(H,22,24,26,28). The summed E-state index contributed by atoms with van der Waals surface area (Å²) in [7, 11) is 0. The van der Waals surface area contributed by atoms with Crippen LogP contribution in [0.5, 0.6) is 5.75 Å². The number of aromatic nitrogens is 5. The first-order valence-electron chi connectivity index (χ1n) is 8.17. The lowest BCUT2D eigenvalue weighted by atomic mass is 10.1. The van der Waals surface area contributed by atoms with E-state index in [1.54, 1.807) is 6.07 Å². The van der Waals surface area contributed by atoms with E-state index in [2.05, 4.69) is 30.0 Å². The van der Waals surface area contributed by atoms with Gasteiger partial charge in [0.1, 0.15) is 17.9 Å². The SMILES string of the molecule is O=C(Nc1ccncn1)c1nccn2cc(-c3ccccc3OC(F)(F)F)nc12. The number of hydrogen-bond donors (Lipinski definition) is 1. The van der Waals surface area contributed by atoms with E-state index in [0.717, 1.165) is 0 Å². The minimum atomic E-state index is -4.85. The van der Waals surface area contributed by atoms with Crippen molar-refractivity contribution in [3.05, 3.63) is 67.1 Å². The van der Waals surface area contributed by atoms with Crippen LogP contribution in [0.2, 0.25) is 0 Å². The summed E-state index contributed by atoms with van der Waals surface area (Å²) in [4.78, 5) is 28.6. The third-order valence-electron chi connectivity index (χ3n) is 3.80. The van der Waals surface area contributed by atoms with Crippen molar-refractivity contribution in [2.75, 3.05) is 5.32 Å². The molecule has 3 heterocycles. The number of hydrogen-bond acceptors (Lipinski definition) is 6. The van der Waals surface area contributed by atoms with Crippen molar-refractivity contribution in [2.45, 2.75) is 6.36 Å². The Kier molecular flexibility index (Phi) is 4.55. The highest BCUT2D eigenvalue weighted by molar-refractivity contribution is 6.06. The van der Waals surface area contributed by atoms with E-state index >= 15 is 0 Å². The van der Waals surface area contributed by atoms with Crippen molar-refractivity contribution in [3.63, 3.8) is 0 Å². The fraction of sp³-hybridized carbons (Fsp3) is 0.0556. The molecule has 4 rings (SSSR count). The molecule has 4 aromatic rings. The molecule has 0 aliphatic rings. The molecule has 0 unspecified atom stereocenters. The number of fused-ring (bicyclic) bond motifs is 1. The number of amides is 1. The number of imidazole rings is 1. The summed E-state index contributed by atoms with van der Waals surface area (Å²) in [5.41, 5.74) is 0.451. The summed E-state index contributed by atoms with van der Waals surface area (Å²) in [5.74, 6) is -0.709. The first-order chi connectivity index (χ1) is 13.9. The van der Waals surface area contributed by atoms with Gasteiger partial charge in [-0.25, -0.2) is 19.9 Å².